The quantitative estimate of drug-likeness (QED) is 0.509. The van der Waals surface area contributed by atoms with Crippen molar-refractivity contribution < 1.29 is 4.39 Å². The molecule has 1 aliphatic rings. The van der Waals surface area contributed by atoms with Crippen molar-refractivity contribution in [3.05, 3.63) is 59.1 Å². The van der Waals surface area contributed by atoms with Gasteiger partial charge in [-0.1, -0.05) is 29.7 Å². The average molecular weight is 369 g/mol. The summed E-state index contributed by atoms with van der Waals surface area (Å²) in [5.74, 6) is -0.145. The first kappa shape index (κ1) is 19.9. The van der Waals surface area contributed by atoms with E-state index in [1.807, 2.05) is 6.07 Å². The standard InChI is InChI=1S/C24H33FN2/c1-19(2)8-7-9-20(3)12-15-27-18-21(17-26-13-5-4-6-14-26)23-16-22(25)10-11-24(23)27/h8,10-12,16,18H,4-7,9,13-15,17H2,1-3H3/b20-12+. The number of allylic oxidation sites excluding steroid dienone is 4. The first-order valence-electron chi connectivity index (χ1n) is 10.3. The molecule has 1 fully saturated rings. The number of likely N-dealkylation sites (tertiary alicyclic amines) is 1. The second kappa shape index (κ2) is 9.36. The molecule has 0 aliphatic carbocycles. The summed E-state index contributed by atoms with van der Waals surface area (Å²) in [6.45, 7) is 10.6. The van der Waals surface area contributed by atoms with Crippen LogP contribution in [0.2, 0.25) is 0 Å². The normalized spacial score (nSPS) is 16.1. The highest BCUT2D eigenvalue weighted by molar-refractivity contribution is 5.84. The molecule has 0 radical (unpaired) electrons. The Hall–Kier alpha value is -1.87. The lowest BCUT2D eigenvalue weighted by Gasteiger charge is -2.26. The molecule has 2 heterocycles. The lowest BCUT2D eigenvalue weighted by Crippen LogP contribution is -2.28. The zero-order valence-corrected chi connectivity index (χ0v) is 17.1. The molecular formula is C24H33FN2. The Morgan fingerprint density at radius 1 is 1.07 bits per heavy atom. The van der Waals surface area contributed by atoms with Crippen molar-refractivity contribution in [2.45, 2.75) is 66.0 Å². The minimum atomic E-state index is -0.145. The van der Waals surface area contributed by atoms with E-state index in [2.05, 4.69) is 48.6 Å². The number of hydrogen-bond donors (Lipinski definition) is 0. The van der Waals surface area contributed by atoms with E-state index in [0.29, 0.717) is 0 Å². The van der Waals surface area contributed by atoms with Crippen molar-refractivity contribution in [1.29, 1.82) is 0 Å². The monoisotopic (exact) mass is 368 g/mol. The lowest BCUT2D eigenvalue weighted by atomic mass is 10.1. The van der Waals surface area contributed by atoms with E-state index in [0.717, 1.165) is 49.9 Å². The molecule has 1 aromatic heterocycles. The van der Waals surface area contributed by atoms with E-state index in [1.54, 1.807) is 12.1 Å². The van der Waals surface area contributed by atoms with Gasteiger partial charge in [0.15, 0.2) is 0 Å². The third kappa shape index (κ3) is 5.55. The fourth-order valence-corrected chi connectivity index (χ4v) is 3.92. The SMILES string of the molecule is CC(C)=CCC/C(C)=C/Cn1cc(CN2CCCCC2)c2cc(F)ccc21. The Kier molecular flexibility index (Phi) is 6.89. The zero-order valence-electron chi connectivity index (χ0n) is 17.1. The van der Waals surface area contributed by atoms with Gasteiger partial charge < -0.3 is 4.57 Å². The van der Waals surface area contributed by atoms with E-state index in [-0.39, 0.29) is 5.82 Å². The van der Waals surface area contributed by atoms with Gasteiger partial charge in [0.1, 0.15) is 5.82 Å². The summed E-state index contributed by atoms with van der Waals surface area (Å²) in [7, 11) is 0. The van der Waals surface area contributed by atoms with E-state index >= 15 is 0 Å². The first-order chi connectivity index (χ1) is 13.0. The number of rotatable bonds is 7. The van der Waals surface area contributed by atoms with Crippen LogP contribution in [0.1, 0.15) is 58.4 Å². The molecule has 0 atom stereocenters. The lowest BCUT2D eigenvalue weighted by molar-refractivity contribution is 0.221. The van der Waals surface area contributed by atoms with Gasteiger partial charge >= 0.3 is 0 Å². The summed E-state index contributed by atoms with van der Waals surface area (Å²) in [5.41, 5.74) is 5.18. The highest BCUT2D eigenvalue weighted by atomic mass is 19.1. The molecule has 0 amide bonds. The second-order valence-electron chi connectivity index (χ2n) is 8.18. The van der Waals surface area contributed by atoms with Gasteiger partial charge in [-0.05, 0) is 83.3 Å². The predicted octanol–water partition coefficient (Wildman–Crippen LogP) is 6.46. The first-order valence-corrected chi connectivity index (χ1v) is 10.3. The summed E-state index contributed by atoms with van der Waals surface area (Å²) in [4.78, 5) is 2.51. The molecule has 1 aliphatic heterocycles. The summed E-state index contributed by atoms with van der Waals surface area (Å²) >= 11 is 0. The third-order valence-electron chi connectivity index (χ3n) is 5.50. The largest absolute Gasteiger partial charge is 0.343 e. The van der Waals surface area contributed by atoms with Gasteiger partial charge in [-0.3, -0.25) is 4.90 Å². The molecule has 2 aromatic rings. The maximum atomic E-state index is 13.9. The summed E-state index contributed by atoms with van der Waals surface area (Å²) in [6.07, 6.45) is 12.9. The van der Waals surface area contributed by atoms with Crippen LogP contribution in [0.5, 0.6) is 0 Å². The smallest absolute Gasteiger partial charge is 0.123 e. The molecule has 0 bridgehead atoms. The van der Waals surface area contributed by atoms with Crippen LogP contribution in [0, 0.1) is 5.82 Å². The van der Waals surface area contributed by atoms with Gasteiger partial charge in [-0.15, -0.1) is 0 Å². The molecule has 1 aromatic carbocycles. The van der Waals surface area contributed by atoms with E-state index in [1.165, 1.54) is 36.0 Å². The van der Waals surface area contributed by atoms with Crippen LogP contribution in [0.4, 0.5) is 4.39 Å². The van der Waals surface area contributed by atoms with Crippen LogP contribution in [0.3, 0.4) is 0 Å². The van der Waals surface area contributed by atoms with Crippen molar-refractivity contribution in [2.24, 2.45) is 0 Å². The number of benzene rings is 1. The predicted molar refractivity (Wildman–Crippen MR) is 113 cm³/mol. The Morgan fingerprint density at radius 3 is 2.59 bits per heavy atom. The van der Waals surface area contributed by atoms with Crippen LogP contribution in [-0.4, -0.2) is 22.6 Å². The van der Waals surface area contributed by atoms with Crippen LogP contribution < -0.4 is 0 Å². The summed E-state index contributed by atoms with van der Waals surface area (Å²) in [5, 5.41) is 1.07. The fraction of sp³-hybridized carbons (Fsp3) is 0.500. The molecule has 1 saturated heterocycles. The molecule has 27 heavy (non-hydrogen) atoms. The zero-order chi connectivity index (χ0) is 19.2. The number of halogens is 1. The van der Waals surface area contributed by atoms with Crippen molar-refractivity contribution in [3.63, 3.8) is 0 Å². The van der Waals surface area contributed by atoms with E-state index < -0.39 is 0 Å². The van der Waals surface area contributed by atoms with Crippen LogP contribution in [-0.2, 0) is 13.1 Å². The topological polar surface area (TPSA) is 8.17 Å². The second-order valence-corrected chi connectivity index (χ2v) is 8.18. The van der Waals surface area contributed by atoms with Crippen molar-refractivity contribution >= 4 is 10.9 Å². The van der Waals surface area contributed by atoms with Crippen LogP contribution in [0.15, 0.2) is 47.7 Å². The third-order valence-corrected chi connectivity index (χ3v) is 5.50. The molecule has 146 valence electrons. The van der Waals surface area contributed by atoms with Gasteiger partial charge in [0.25, 0.3) is 0 Å². The average Bonchev–Trinajstić information content (AvgIpc) is 2.97. The maximum absolute atomic E-state index is 13.9. The van der Waals surface area contributed by atoms with Gasteiger partial charge in [-0.25, -0.2) is 4.39 Å². The maximum Gasteiger partial charge on any atom is 0.123 e. The van der Waals surface area contributed by atoms with Crippen LogP contribution >= 0.6 is 0 Å². The number of hydrogen-bond acceptors (Lipinski definition) is 1. The Balaban J connectivity index is 1.77. The minimum absolute atomic E-state index is 0.145. The highest BCUT2D eigenvalue weighted by Crippen LogP contribution is 2.25. The summed E-state index contributed by atoms with van der Waals surface area (Å²) in [6, 6.07) is 5.21. The molecule has 3 rings (SSSR count). The van der Waals surface area contributed by atoms with Gasteiger partial charge in [0.05, 0.1) is 0 Å². The number of aromatic nitrogens is 1. The van der Waals surface area contributed by atoms with Gasteiger partial charge in [-0.2, -0.15) is 0 Å². The molecule has 0 unspecified atom stereocenters. The summed E-state index contributed by atoms with van der Waals surface area (Å²) < 4.78 is 16.2. The molecule has 3 heteroatoms. The van der Waals surface area contributed by atoms with Gasteiger partial charge in [0, 0.05) is 30.2 Å². The van der Waals surface area contributed by atoms with Crippen molar-refractivity contribution in [3.8, 4) is 0 Å². The van der Waals surface area contributed by atoms with Crippen molar-refractivity contribution in [2.75, 3.05) is 13.1 Å². The fourth-order valence-electron chi connectivity index (χ4n) is 3.92. The van der Waals surface area contributed by atoms with E-state index in [9.17, 15) is 4.39 Å². The molecule has 0 N–H and O–H groups in total. The Morgan fingerprint density at radius 2 is 1.85 bits per heavy atom. The molecule has 2 nitrogen and oxygen atoms in total. The molecule has 0 spiro atoms. The highest BCUT2D eigenvalue weighted by Gasteiger charge is 2.15. The van der Waals surface area contributed by atoms with Crippen molar-refractivity contribution in [1.82, 2.24) is 9.47 Å². The Bertz CT molecular complexity index is 818. The van der Waals surface area contributed by atoms with E-state index in [4.69, 9.17) is 0 Å². The number of piperidine rings is 1. The Labute approximate surface area is 163 Å². The number of fused-ring (bicyclic) bond motifs is 1. The molecule has 0 saturated carbocycles. The minimum Gasteiger partial charge on any atom is -0.343 e. The molecular weight excluding hydrogens is 335 g/mol. The number of nitrogens with zero attached hydrogens (tertiary/aromatic N) is 2. The van der Waals surface area contributed by atoms with Crippen LogP contribution in [0.25, 0.3) is 10.9 Å². The van der Waals surface area contributed by atoms with Gasteiger partial charge in [0.2, 0.25) is 0 Å².